The first kappa shape index (κ1) is 13.8. The Bertz CT molecular complexity index is 844. The molecule has 0 saturated heterocycles. The third kappa shape index (κ3) is 2.31. The van der Waals surface area contributed by atoms with Crippen LogP contribution in [0.1, 0.15) is 0 Å². The average molecular weight is 300 g/mol. The summed E-state index contributed by atoms with van der Waals surface area (Å²) in [5.74, 6) is 0.137. The molecule has 2 aromatic heterocycles. The smallest absolute Gasteiger partial charge is 0.298 e. The van der Waals surface area contributed by atoms with Crippen LogP contribution >= 0.6 is 0 Å². The van der Waals surface area contributed by atoms with Crippen LogP contribution in [-0.4, -0.2) is 49.0 Å². The van der Waals surface area contributed by atoms with Crippen LogP contribution in [0.5, 0.6) is 0 Å². The van der Waals surface area contributed by atoms with Crippen molar-refractivity contribution in [2.75, 3.05) is 19.5 Å². The molecule has 0 spiro atoms. The Labute approximate surface area is 124 Å². The fourth-order valence-corrected chi connectivity index (χ4v) is 2.01. The second-order valence-corrected chi connectivity index (χ2v) is 4.65. The Balaban J connectivity index is 2.24. The molecule has 0 unspecified atom stereocenters. The maximum atomic E-state index is 11.5. The maximum Gasteiger partial charge on any atom is 0.357 e. The largest absolute Gasteiger partial charge is 0.357 e. The van der Waals surface area contributed by atoms with Gasteiger partial charge in [0.2, 0.25) is 11.6 Å². The third-order valence-electron chi connectivity index (χ3n) is 2.87. The van der Waals surface area contributed by atoms with Gasteiger partial charge in [0.1, 0.15) is 11.8 Å². The Morgan fingerprint density at radius 3 is 2.77 bits per heavy atom. The van der Waals surface area contributed by atoms with Crippen LogP contribution in [0.25, 0.3) is 16.9 Å². The molecule has 0 aliphatic heterocycles. The average Bonchev–Trinajstić information content (AvgIpc) is 2.90. The number of hydrogen-bond donors (Lipinski definition) is 1. The molecule has 0 aliphatic carbocycles. The maximum absolute atomic E-state index is 11.5. The highest BCUT2D eigenvalue weighted by Gasteiger charge is 2.26. The van der Waals surface area contributed by atoms with Crippen molar-refractivity contribution in [2.24, 2.45) is 0 Å². The summed E-state index contributed by atoms with van der Waals surface area (Å²) in [6.07, 6.45) is 1.24. The molecule has 3 aromatic rings. The van der Waals surface area contributed by atoms with Gasteiger partial charge in [0.05, 0.1) is 10.4 Å². The van der Waals surface area contributed by atoms with E-state index in [4.69, 9.17) is 0 Å². The summed E-state index contributed by atoms with van der Waals surface area (Å²) in [5, 5.41) is 21.0. The third-order valence-corrected chi connectivity index (χ3v) is 2.87. The van der Waals surface area contributed by atoms with E-state index in [1.165, 1.54) is 11.0 Å². The summed E-state index contributed by atoms with van der Waals surface area (Å²) < 4.78 is 1.33. The molecule has 0 atom stereocenters. The summed E-state index contributed by atoms with van der Waals surface area (Å²) in [5.41, 5.74) is 3.76. The van der Waals surface area contributed by atoms with Crippen molar-refractivity contribution >= 4 is 22.5 Å². The van der Waals surface area contributed by atoms with Gasteiger partial charge in [-0.3, -0.25) is 15.5 Å². The molecule has 10 heteroatoms. The monoisotopic (exact) mass is 300 g/mol. The van der Waals surface area contributed by atoms with Crippen LogP contribution in [0.15, 0.2) is 30.6 Å². The molecule has 112 valence electrons. The molecule has 0 saturated carbocycles. The molecule has 0 amide bonds. The van der Waals surface area contributed by atoms with Gasteiger partial charge in [-0.1, -0.05) is 17.3 Å². The van der Waals surface area contributed by atoms with Crippen molar-refractivity contribution in [1.29, 1.82) is 0 Å². The first-order chi connectivity index (χ1) is 10.6. The number of para-hydroxylation sites is 1. The van der Waals surface area contributed by atoms with E-state index in [9.17, 15) is 10.1 Å². The van der Waals surface area contributed by atoms with E-state index in [-0.39, 0.29) is 17.3 Å². The minimum absolute atomic E-state index is 0.0538. The molecule has 2 heterocycles. The Kier molecular flexibility index (Phi) is 3.35. The lowest BCUT2D eigenvalue weighted by atomic mass is 10.3. The predicted molar refractivity (Wildman–Crippen MR) is 78.4 cm³/mol. The number of benzene rings is 1. The number of hydrogen-bond acceptors (Lipinski definition) is 8. The number of anilines is 1. The summed E-state index contributed by atoms with van der Waals surface area (Å²) in [6.45, 7) is 0. The summed E-state index contributed by atoms with van der Waals surface area (Å²) in [7, 11) is 3.41. The molecule has 0 radical (unpaired) electrons. The molecule has 22 heavy (non-hydrogen) atoms. The van der Waals surface area contributed by atoms with Gasteiger partial charge >= 0.3 is 5.69 Å². The molecule has 10 nitrogen and oxygen atoms in total. The number of aromatic nitrogens is 5. The van der Waals surface area contributed by atoms with E-state index in [0.29, 0.717) is 11.0 Å². The van der Waals surface area contributed by atoms with Gasteiger partial charge in [-0.05, 0) is 12.1 Å². The van der Waals surface area contributed by atoms with E-state index < -0.39 is 4.92 Å². The van der Waals surface area contributed by atoms with Gasteiger partial charge in [0, 0.05) is 14.1 Å². The van der Waals surface area contributed by atoms with E-state index >= 15 is 0 Å². The van der Waals surface area contributed by atoms with Crippen molar-refractivity contribution in [2.45, 2.75) is 0 Å². The van der Waals surface area contributed by atoms with E-state index in [0.717, 1.165) is 0 Å². The zero-order valence-corrected chi connectivity index (χ0v) is 11.8. The van der Waals surface area contributed by atoms with Crippen LogP contribution in [0.3, 0.4) is 0 Å². The number of hydrazine groups is 1. The van der Waals surface area contributed by atoms with Gasteiger partial charge in [0.25, 0.3) is 0 Å². The SMILES string of the molecule is CN(C)Nc1ncnc(-n2nnc3ccccc32)c1[N+](=O)[O-]. The van der Waals surface area contributed by atoms with Crippen LogP contribution in [0.2, 0.25) is 0 Å². The molecule has 1 aromatic carbocycles. The lowest BCUT2D eigenvalue weighted by Crippen LogP contribution is -2.22. The summed E-state index contributed by atoms with van der Waals surface area (Å²) >= 11 is 0. The molecule has 0 aliphatic rings. The van der Waals surface area contributed by atoms with Crippen LogP contribution in [-0.2, 0) is 0 Å². The van der Waals surface area contributed by atoms with E-state index in [1.807, 2.05) is 6.07 Å². The number of nitrogens with one attached hydrogen (secondary N) is 1. The fourth-order valence-electron chi connectivity index (χ4n) is 2.01. The lowest BCUT2D eigenvalue weighted by molar-refractivity contribution is -0.384. The second-order valence-electron chi connectivity index (χ2n) is 4.65. The molecular weight excluding hydrogens is 288 g/mol. The Morgan fingerprint density at radius 2 is 2.05 bits per heavy atom. The number of rotatable bonds is 4. The molecule has 3 rings (SSSR count). The summed E-state index contributed by atoms with van der Waals surface area (Å²) in [4.78, 5) is 18.9. The van der Waals surface area contributed by atoms with Gasteiger partial charge in [-0.15, -0.1) is 5.10 Å². The lowest BCUT2D eigenvalue weighted by Gasteiger charge is -2.13. The molecule has 1 N–H and O–H groups in total. The van der Waals surface area contributed by atoms with E-state index in [2.05, 4.69) is 25.7 Å². The zero-order chi connectivity index (χ0) is 15.7. The van der Waals surface area contributed by atoms with Crippen molar-refractivity contribution in [3.63, 3.8) is 0 Å². The predicted octanol–water partition coefficient (Wildman–Crippen LogP) is 1.01. The summed E-state index contributed by atoms with van der Waals surface area (Å²) in [6, 6.07) is 7.15. The molecule has 0 fully saturated rings. The molecule has 0 bridgehead atoms. The van der Waals surface area contributed by atoms with Gasteiger partial charge in [0.15, 0.2) is 0 Å². The standard InChI is InChI=1S/C12H12N8O2/c1-18(2)16-11-10(20(21)22)12(14-7-13-11)19-9-6-4-3-5-8(9)15-17-19/h3-7H,1-2H3,(H,13,14,16). The van der Waals surface area contributed by atoms with Gasteiger partial charge in [-0.25, -0.2) is 15.0 Å². The van der Waals surface area contributed by atoms with E-state index in [1.54, 1.807) is 37.3 Å². The number of nitrogens with zero attached hydrogens (tertiary/aromatic N) is 7. The number of fused-ring (bicyclic) bond motifs is 1. The highest BCUT2D eigenvalue weighted by atomic mass is 16.6. The first-order valence-electron chi connectivity index (χ1n) is 6.32. The topological polar surface area (TPSA) is 115 Å². The first-order valence-corrected chi connectivity index (χ1v) is 6.32. The van der Waals surface area contributed by atoms with Crippen molar-refractivity contribution < 1.29 is 4.92 Å². The van der Waals surface area contributed by atoms with Crippen LogP contribution in [0, 0.1) is 10.1 Å². The number of nitro groups is 1. The van der Waals surface area contributed by atoms with Gasteiger partial charge < -0.3 is 0 Å². The molecular formula is C12H12N8O2. The highest BCUT2D eigenvalue weighted by Crippen LogP contribution is 2.29. The van der Waals surface area contributed by atoms with Crippen molar-refractivity contribution in [1.82, 2.24) is 30.0 Å². The van der Waals surface area contributed by atoms with Crippen LogP contribution in [0.4, 0.5) is 11.5 Å². The Hall–Kier alpha value is -3.14. The zero-order valence-electron chi connectivity index (χ0n) is 11.8. The van der Waals surface area contributed by atoms with Crippen LogP contribution < -0.4 is 5.43 Å². The Morgan fingerprint density at radius 1 is 1.27 bits per heavy atom. The quantitative estimate of drug-likeness (QED) is 0.560. The second kappa shape index (κ2) is 5.33. The normalized spacial score (nSPS) is 11.0. The van der Waals surface area contributed by atoms with Gasteiger partial charge in [-0.2, -0.15) is 4.68 Å². The fraction of sp³-hybridized carbons (Fsp3) is 0.167. The van der Waals surface area contributed by atoms with Crippen molar-refractivity contribution in [3.8, 4) is 5.82 Å². The minimum atomic E-state index is -0.544. The minimum Gasteiger partial charge on any atom is -0.298 e. The van der Waals surface area contributed by atoms with Crippen molar-refractivity contribution in [3.05, 3.63) is 40.7 Å². The highest BCUT2D eigenvalue weighted by molar-refractivity contribution is 5.77.